The van der Waals surface area contributed by atoms with E-state index in [0.29, 0.717) is 10.0 Å². The number of pyridine rings is 2. The van der Waals surface area contributed by atoms with Gasteiger partial charge in [0.05, 0.1) is 15.1 Å². The molecule has 0 atom stereocenters. The Labute approximate surface area is 136 Å². The molecule has 0 fully saturated rings. The first-order valence-corrected chi connectivity index (χ1v) is 6.54. The van der Waals surface area contributed by atoms with Crippen LogP contribution in [0.4, 0.5) is 0 Å². The molecule has 0 amide bonds. The van der Waals surface area contributed by atoms with Crippen molar-refractivity contribution in [3.63, 3.8) is 0 Å². The third-order valence-corrected chi connectivity index (χ3v) is 2.90. The lowest BCUT2D eigenvalue weighted by atomic mass is 10.2. The number of halogens is 3. The van der Waals surface area contributed by atoms with Crippen molar-refractivity contribution in [2.45, 2.75) is 0 Å². The second kappa shape index (κ2) is 8.24. The predicted octanol–water partition coefficient (Wildman–Crippen LogP) is 4.51. The van der Waals surface area contributed by atoms with Crippen molar-refractivity contribution in [2.75, 3.05) is 0 Å². The van der Waals surface area contributed by atoms with E-state index in [0.717, 1.165) is 5.56 Å². The van der Waals surface area contributed by atoms with E-state index < -0.39 is 0 Å². The molecular formula is C14H7Cl3N4. The van der Waals surface area contributed by atoms with Crippen molar-refractivity contribution in [3.05, 3.63) is 63.1 Å². The molecule has 0 saturated heterocycles. The molecule has 0 unspecified atom stereocenters. The number of aromatic nitrogens is 2. The van der Waals surface area contributed by atoms with Gasteiger partial charge in [0.1, 0.15) is 12.1 Å². The Morgan fingerprint density at radius 1 is 0.952 bits per heavy atom. The number of nitriles is 2. The van der Waals surface area contributed by atoms with Crippen LogP contribution in [0, 0.1) is 22.7 Å². The summed E-state index contributed by atoms with van der Waals surface area (Å²) in [5, 5.41) is 17.9. The van der Waals surface area contributed by atoms with Crippen LogP contribution >= 0.6 is 34.8 Å². The van der Waals surface area contributed by atoms with Gasteiger partial charge >= 0.3 is 0 Å². The monoisotopic (exact) mass is 336 g/mol. The molecule has 0 spiro atoms. The van der Waals surface area contributed by atoms with Gasteiger partial charge in [-0.3, -0.25) is 0 Å². The van der Waals surface area contributed by atoms with E-state index in [1.807, 2.05) is 12.1 Å². The summed E-state index contributed by atoms with van der Waals surface area (Å²) in [5.41, 5.74) is 1.26. The normalized spacial score (nSPS) is 8.81. The van der Waals surface area contributed by atoms with Crippen LogP contribution < -0.4 is 0 Å². The second-order valence-electron chi connectivity index (χ2n) is 3.51. The van der Waals surface area contributed by atoms with Gasteiger partial charge in [0.25, 0.3) is 0 Å². The Kier molecular flexibility index (Phi) is 6.65. The minimum Gasteiger partial charge on any atom is -0.243 e. The summed E-state index contributed by atoms with van der Waals surface area (Å²) >= 11 is 16.8. The lowest BCUT2D eigenvalue weighted by Crippen LogP contribution is -1.84. The van der Waals surface area contributed by atoms with E-state index in [4.69, 9.17) is 45.3 Å². The Morgan fingerprint density at radius 2 is 1.48 bits per heavy atom. The molecule has 0 aliphatic rings. The van der Waals surface area contributed by atoms with Gasteiger partial charge in [0, 0.05) is 12.4 Å². The van der Waals surface area contributed by atoms with Gasteiger partial charge in [-0.25, -0.2) is 9.97 Å². The van der Waals surface area contributed by atoms with Crippen LogP contribution in [0.25, 0.3) is 6.08 Å². The fraction of sp³-hybridized carbons (Fsp3) is 0. The smallest absolute Gasteiger partial charge is 0.159 e. The zero-order chi connectivity index (χ0) is 15.8. The van der Waals surface area contributed by atoms with E-state index in [-0.39, 0.29) is 16.4 Å². The van der Waals surface area contributed by atoms with Gasteiger partial charge in [-0.1, -0.05) is 47.5 Å². The predicted molar refractivity (Wildman–Crippen MR) is 83.0 cm³/mol. The van der Waals surface area contributed by atoms with E-state index in [2.05, 4.69) is 16.5 Å². The van der Waals surface area contributed by atoms with Crippen LogP contribution in [0.3, 0.4) is 0 Å². The first-order valence-electron chi connectivity index (χ1n) is 5.41. The van der Waals surface area contributed by atoms with Gasteiger partial charge in [0.2, 0.25) is 0 Å². The third-order valence-electron chi connectivity index (χ3n) is 2.12. The first kappa shape index (κ1) is 16.9. The van der Waals surface area contributed by atoms with Crippen molar-refractivity contribution in [3.8, 4) is 12.1 Å². The molecule has 7 heteroatoms. The number of rotatable bonds is 1. The maximum atomic E-state index is 8.46. The Morgan fingerprint density at radius 3 is 1.90 bits per heavy atom. The van der Waals surface area contributed by atoms with Crippen LogP contribution in [0.5, 0.6) is 0 Å². The van der Waals surface area contributed by atoms with Crippen LogP contribution in [0.15, 0.2) is 31.1 Å². The summed E-state index contributed by atoms with van der Waals surface area (Å²) in [6.45, 7) is 3.55. The molecule has 0 aliphatic carbocycles. The molecule has 0 saturated carbocycles. The number of nitrogens with zero attached hydrogens (tertiary/aromatic N) is 4. The molecule has 2 aromatic rings. The maximum absolute atomic E-state index is 8.46. The lowest BCUT2D eigenvalue weighted by molar-refractivity contribution is 1.26. The van der Waals surface area contributed by atoms with E-state index in [9.17, 15) is 0 Å². The Hall–Kier alpha value is -2.11. The molecule has 0 bridgehead atoms. The van der Waals surface area contributed by atoms with E-state index >= 15 is 0 Å². The third kappa shape index (κ3) is 5.06. The van der Waals surface area contributed by atoms with Crippen LogP contribution in [0.1, 0.15) is 17.0 Å². The highest BCUT2D eigenvalue weighted by molar-refractivity contribution is 6.35. The van der Waals surface area contributed by atoms with Crippen molar-refractivity contribution in [2.24, 2.45) is 0 Å². The van der Waals surface area contributed by atoms with Crippen molar-refractivity contribution in [1.29, 1.82) is 10.5 Å². The quantitative estimate of drug-likeness (QED) is 0.767. The molecule has 104 valence electrons. The van der Waals surface area contributed by atoms with Crippen LogP contribution in [-0.2, 0) is 0 Å². The largest absolute Gasteiger partial charge is 0.243 e. The standard InChI is InChI=1S/C8H5ClN2.C6H2Cl2N2/c1-2-6-3-7(9)8(4-10)11-5-6;7-4-1-5(8)6(2-9)10-3-4/h2-3,5H,1H2;1,3H. The molecule has 2 aromatic heterocycles. The molecular weight excluding hydrogens is 331 g/mol. The molecule has 0 aliphatic heterocycles. The van der Waals surface area contributed by atoms with Crippen LogP contribution in [-0.4, -0.2) is 9.97 Å². The van der Waals surface area contributed by atoms with Gasteiger partial charge in [-0.15, -0.1) is 0 Å². The second-order valence-corrected chi connectivity index (χ2v) is 4.76. The van der Waals surface area contributed by atoms with E-state index in [1.165, 1.54) is 12.3 Å². The summed E-state index contributed by atoms with van der Waals surface area (Å²) in [6.07, 6.45) is 4.56. The maximum Gasteiger partial charge on any atom is 0.159 e. The average molecular weight is 338 g/mol. The minimum atomic E-state index is 0.200. The fourth-order valence-corrected chi connectivity index (χ4v) is 1.78. The highest BCUT2D eigenvalue weighted by Crippen LogP contribution is 2.17. The summed E-state index contributed by atoms with van der Waals surface area (Å²) in [7, 11) is 0. The minimum absolute atomic E-state index is 0.200. The number of hydrogen-bond donors (Lipinski definition) is 0. The molecule has 2 rings (SSSR count). The summed E-state index contributed by atoms with van der Waals surface area (Å²) in [4.78, 5) is 7.47. The molecule has 21 heavy (non-hydrogen) atoms. The SMILES string of the molecule is C=Cc1cnc(C#N)c(Cl)c1.N#Cc1ncc(Cl)cc1Cl. The average Bonchev–Trinajstić information content (AvgIpc) is 2.48. The zero-order valence-corrected chi connectivity index (χ0v) is 12.8. The molecule has 2 heterocycles. The number of hydrogen-bond acceptors (Lipinski definition) is 4. The van der Waals surface area contributed by atoms with Crippen LogP contribution in [0.2, 0.25) is 15.1 Å². The van der Waals surface area contributed by atoms with Gasteiger partial charge in [-0.2, -0.15) is 10.5 Å². The fourth-order valence-electron chi connectivity index (χ4n) is 1.14. The lowest BCUT2D eigenvalue weighted by Gasteiger charge is -1.94. The highest BCUT2D eigenvalue weighted by Gasteiger charge is 2.00. The van der Waals surface area contributed by atoms with Gasteiger partial charge < -0.3 is 0 Å². The Balaban J connectivity index is 0.000000211. The molecule has 0 aromatic carbocycles. The topological polar surface area (TPSA) is 73.4 Å². The van der Waals surface area contributed by atoms with Gasteiger partial charge in [0.15, 0.2) is 11.4 Å². The summed E-state index contributed by atoms with van der Waals surface area (Å²) in [6, 6.07) is 6.82. The Bertz CT molecular complexity index is 745. The first-order chi connectivity index (χ1) is 10.0. The summed E-state index contributed by atoms with van der Waals surface area (Å²) in [5.74, 6) is 0. The highest BCUT2D eigenvalue weighted by atomic mass is 35.5. The van der Waals surface area contributed by atoms with Crippen molar-refractivity contribution in [1.82, 2.24) is 9.97 Å². The van der Waals surface area contributed by atoms with E-state index in [1.54, 1.807) is 18.3 Å². The molecule has 4 nitrogen and oxygen atoms in total. The zero-order valence-electron chi connectivity index (χ0n) is 10.5. The van der Waals surface area contributed by atoms with Gasteiger partial charge in [-0.05, 0) is 17.7 Å². The van der Waals surface area contributed by atoms with Crippen molar-refractivity contribution < 1.29 is 0 Å². The summed E-state index contributed by atoms with van der Waals surface area (Å²) < 4.78 is 0. The molecule has 0 radical (unpaired) electrons. The van der Waals surface area contributed by atoms with Crippen molar-refractivity contribution >= 4 is 40.9 Å². The molecule has 0 N–H and O–H groups in total.